The van der Waals surface area contributed by atoms with Crippen LogP contribution in [0.2, 0.25) is 36.3 Å². The van der Waals surface area contributed by atoms with E-state index in [-0.39, 0.29) is 22.7 Å². The zero-order valence-corrected chi connectivity index (χ0v) is 27.6. The molecule has 2 aromatic carbocycles. The van der Waals surface area contributed by atoms with Gasteiger partial charge in [-0.2, -0.15) is 0 Å². The first-order valence-electron chi connectivity index (χ1n) is 14.9. The summed E-state index contributed by atoms with van der Waals surface area (Å²) in [7, 11) is -3.86. The Morgan fingerprint density at radius 2 is 1.49 bits per heavy atom. The van der Waals surface area contributed by atoms with E-state index in [1.165, 1.54) is 28.9 Å². The van der Waals surface area contributed by atoms with Gasteiger partial charge in [-0.25, -0.2) is 0 Å². The molecule has 0 fully saturated rings. The zero-order valence-electron chi connectivity index (χ0n) is 25.6. The van der Waals surface area contributed by atoms with E-state index in [0.29, 0.717) is 0 Å². The van der Waals surface area contributed by atoms with Gasteiger partial charge in [-0.1, -0.05) is 132 Å². The maximum absolute atomic E-state index is 13.9. The second kappa shape index (κ2) is 13.3. The van der Waals surface area contributed by atoms with Gasteiger partial charge in [0, 0.05) is 11.8 Å². The Balaban J connectivity index is 2.18. The second-order valence-corrected chi connectivity index (χ2v) is 22.6. The number of hydrogen-bond donors (Lipinski definition) is 0. The van der Waals surface area contributed by atoms with Gasteiger partial charge in [-0.05, 0) is 59.4 Å². The number of carbonyl (C=O) groups is 1. The van der Waals surface area contributed by atoms with E-state index in [4.69, 9.17) is 4.43 Å². The molecule has 0 bridgehead atoms. The average Bonchev–Trinajstić information content (AvgIpc) is 2.91. The number of ketones is 1. The summed E-state index contributed by atoms with van der Waals surface area (Å²) in [6.07, 6.45) is 10.3. The molecule has 39 heavy (non-hydrogen) atoms. The molecule has 3 rings (SSSR count). The van der Waals surface area contributed by atoms with Gasteiger partial charge < -0.3 is 4.43 Å². The van der Waals surface area contributed by atoms with Crippen LogP contribution in [0.15, 0.2) is 89.8 Å². The van der Waals surface area contributed by atoms with Crippen molar-refractivity contribution in [3.05, 3.63) is 101 Å². The molecule has 2 unspecified atom stereocenters. The van der Waals surface area contributed by atoms with Crippen molar-refractivity contribution in [2.75, 3.05) is 0 Å². The largest absolute Gasteiger partial charge is 0.544 e. The number of hydrogen-bond acceptors (Lipinski definition) is 2. The minimum atomic E-state index is -2.11. The van der Waals surface area contributed by atoms with E-state index in [1.807, 2.05) is 36.4 Å². The van der Waals surface area contributed by atoms with Crippen LogP contribution >= 0.6 is 0 Å². The van der Waals surface area contributed by atoms with Crippen molar-refractivity contribution in [2.45, 2.75) is 96.6 Å². The van der Waals surface area contributed by atoms with Crippen LogP contribution in [0, 0.1) is 5.92 Å². The highest BCUT2D eigenvalue weighted by Crippen LogP contribution is 2.45. The van der Waals surface area contributed by atoms with Crippen LogP contribution in [-0.4, -0.2) is 22.2 Å². The maximum Gasteiger partial charge on any atom is 0.250 e. The first kappa shape index (κ1) is 31.1. The fraction of sp³-hybridized carbons (Fsp3) is 0.457. The Morgan fingerprint density at radius 1 is 0.923 bits per heavy atom. The monoisotopic (exact) mass is 558 g/mol. The lowest BCUT2D eigenvalue weighted by molar-refractivity contribution is -0.118. The fourth-order valence-electron chi connectivity index (χ4n) is 5.56. The molecule has 0 aromatic heterocycles. The van der Waals surface area contributed by atoms with Gasteiger partial charge >= 0.3 is 0 Å². The summed E-state index contributed by atoms with van der Waals surface area (Å²) in [6.45, 7) is 18.7. The summed E-state index contributed by atoms with van der Waals surface area (Å²) < 4.78 is 7.25. The third-order valence-electron chi connectivity index (χ3n) is 9.42. The van der Waals surface area contributed by atoms with E-state index in [1.54, 1.807) is 6.08 Å². The molecule has 4 heteroatoms. The van der Waals surface area contributed by atoms with Crippen LogP contribution in [0.3, 0.4) is 0 Å². The molecule has 1 aliphatic rings. The Bertz CT molecular complexity index is 1160. The van der Waals surface area contributed by atoms with Crippen LogP contribution in [-0.2, 0) is 9.22 Å². The quantitative estimate of drug-likeness (QED) is 0.214. The van der Waals surface area contributed by atoms with Crippen molar-refractivity contribution in [1.29, 1.82) is 0 Å². The summed E-state index contributed by atoms with van der Waals surface area (Å²) in [5.74, 6) is 1.11. The van der Waals surface area contributed by atoms with E-state index in [9.17, 15) is 4.79 Å². The van der Waals surface area contributed by atoms with Crippen molar-refractivity contribution in [2.24, 2.45) is 5.92 Å². The Kier molecular flexibility index (Phi) is 10.6. The van der Waals surface area contributed by atoms with Crippen molar-refractivity contribution < 1.29 is 9.22 Å². The smallest absolute Gasteiger partial charge is 0.250 e. The minimum Gasteiger partial charge on any atom is -0.544 e. The standard InChI is InChI=1S/C35H50O2Si2/c1-9-39(10-2,11-3)34-24-18-23-30(32(36)26-25-28-19-14-12-15-20-28)31(29-21-16-13-17-22-29)27-33(34)37-38(7,8)35(4,5)6/h12-17,19-22,24-27,30-31H,9-11,18,23H2,1-8H3/b26-25+,33-27+,34-24+. The highest BCUT2D eigenvalue weighted by molar-refractivity contribution is 6.87. The van der Waals surface area contributed by atoms with Gasteiger partial charge in [0.15, 0.2) is 5.78 Å². The highest BCUT2D eigenvalue weighted by atomic mass is 28.4. The van der Waals surface area contributed by atoms with Gasteiger partial charge in [0.1, 0.15) is 0 Å². The molecule has 2 atom stereocenters. The SMILES string of the molecule is CC[Si](CC)(CC)C1=C/CCC(C(=O)/C=C/c2ccccc2)C(c2ccccc2)/C=C\1O[Si](C)(C)C(C)(C)C. The molecule has 210 valence electrons. The molecule has 0 aliphatic heterocycles. The lowest BCUT2D eigenvalue weighted by Gasteiger charge is -2.42. The van der Waals surface area contributed by atoms with E-state index >= 15 is 0 Å². The van der Waals surface area contributed by atoms with Crippen LogP contribution < -0.4 is 0 Å². The minimum absolute atomic E-state index is 0.0279. The van der Waals surface area contributed by atoms with Crippen LogP contribution in [0.25, 0.3) is 6.08 Å². The summed E-state index contributed by atoms with van der Waals surface area (Å²) in [4.78, 5) is 13.9. The van der Waals surface area contributed by atoms with Gasteiger partial charge in [0.2, 0.25) is 8.32 Å². The Labute approximate surface area is 240 Å². The average molecular weight is 559 g/mol. The van der Waals surface area contributed by atoms with Crippen LogP contribution in [0.4, 0.5) is 0 Å². The number of allylic oxidation sites excluding steroid dienone is 4. The number of rotatable bonds is 10. The second-order valence-electron chi connectivity index (χ2n) is 12.6. The van der Waals surface area contributed by atoms with Crippen molar-refractivity contribution in [1.82, 2.24) is 0 Å². The molecule has 0 spiro atoms. The predicted octanol–water partition coefficient (Wildman–Crippen LogP) is 10.3. The van der Waals surface area contributed by atoms with Gasteiger partial charge in [0.25, 0.3) is 0 Å². The van der Waals surface area contributed by atoms with Crippen LogP contribution in [0.1, 0.15) is 71.4 Å². The summed E-state index contributed by atoms with van der Waals surface area (Å²) >= 11 is 0. The summed E-state index contributed by atoms with van der Waals surface area (Å²) in [6, 6.07) is 24.4. The lowest BCUT2D eigenvalue weighted by Crippen LogP contribution is -2.44. The number of benzene rings is 2. The summed E-state index contributed by atoms with van der Waals surface area (Å²) in [5, 5.41) is 1.58. The van der Waals surface area contributed by atoms with Gasteiger partial charge in [0.05, 0.1) is 13.8 Å². The normalized spacial score (nSPS) is 21.8. The molecule has 0 N–H and O–H groups in total. The zero-order chi connectivity index (χ0) is 28.7. The predicted molar refractivity (Wildman–Crippen MR) is 174 cm³/mol. The summed E-state index contributed by atoms with van der Waals surface area (Å²) in [5.41, 5.74) is 2.25. The van der Waals surface area contributed by atoms with Gasteiger partial charge in [-0.3, -0.25) is 4.79 Å². The molecular weight excluding hydrogens is 509 g/mol. The third-order valence-corrected chi connectivity index (χ3v) is 19.4. The van der Waals surface area contributed by atoms with Crippen molar-refractivity contribution in [3.8, 4) is 0 Å². The van der Waals surface area contributed by atoms with Crippen molar-refractivity contribution in [3.63, 3.8) is 0 Å². The van der Waals surface area contributed by atoms with Gasteiger partial charge in [-0.15, -0.1) is 0 Å². The molecule has 1 aliphatic carbocycles. The molecule has 2 aromatic rings. The lowest BCUT2D eigenvalue weighted by atomic mass is 9.79. The van der Waals surface area contributed by atoms with E-state index < -0.39 is 16.4 Å². The van der Waals surface area contributed by atoms with E-state index in [2.05, 4.69) is 97.1 Å². The molecular formula is C35H50O2Si2. The Hall–Kier alpha value is -2.44. The topological polar surface area (TPSA) is 26.3 Å². The number of carbonyl (C=O) groups excluding carboxylic acids is 1. The first-order valence-corrected chi connectivity index (χ1v) is 20.4. The fourth-order valence-corrected chi connectivity index (χ4v) is 10.6. The highest BCUT2D eigenvalue weighted by Gasteiger charge is 2.43. The Morgan fingerprint density at radius 3 is 2.03 bits per heavy atom. The van der Waals surface area contributed by atoms with Crippen LogP contribution in [0.5, 0.6) is 0 Å². The van der Waals surface area contributed by atoms with E-state index in [0.717, 1.165) is 24.2 Å². The first-order chi connectivity index (χ1) is 18.5. The maximum atomic E-state index is 13.9. The molecule has 2 nitrogen and oxygen atoms in total. The molecule has 0 saturated heterocycles. The molecule has 0 heterocycles. The molecule has 0 saturated carbocycles. The molecule has 0 amide bonds. The third kappa shape index (κ3) is 7.40. The van der Waals surface area contributed by atoms with Crippen molar-refractivity contribution >= 4 is 28.3 Å². The molecule has 0 radical (unpaired) electrons.